The number of hydrogen-bond donors (Lipinski definition) is 2. The molecule has 1 amide bonds. The third kappa shape index (κ3) is 2.46. The van der Waals surface area contributed by atoms with Crippen molar-refractivity contribution in [2.24, 2.45) is 11.8 Å². The number of aryl methyl sites for hydroxylation is 1. The third-order valence-electron chi connectivity index (χ3n) is 6.40. The van der Waals surface area contributed by atoms with Crippen molar-refractivity contribution in [3.63, 3.8) is 0 Å². The smallest absolute Gasteiger partial charge is 0.229 e. The van der Waals surface area contributed by atoms with E-state index in [9.17, 15) is 9.90 Å². The van der Waals surface area contributed by atoms with Gasteiger partial charge in [0.25, 0.3) is 0 Å². The number of aliphatic hydroxyl groups is 1. The first kappa shape index (κ1) is 15.3. The fraction of sp³-hybridized carbons (Fsp3) is 0.632. The van der Waals surface area contributed by atoms with E-state index in [1.54, 1.807) is 0 Å². The van der Waals surface area contributed by atoms with Crippen LogP contribution >= 0.6 is 0 Å². The van der Waals surface area contributed by atoms with Crippen LogP contribution in [-0.4, -0.2) is 31.1 Å². The second-order valence-corrected chi connectivity index (χ2v) is 8.15. The van der Waals surface area contributed by atoms with Gasteiger partial charge in [-0.2, -0.15) is 0 Å². The van der Waals surface area contributed by atoms with Crippen molar-refractivity contribution in [3.8, 4) is 0 Å². The maximum absolute atomic E-state index is 12.6. The van der Waals surface area contributed by atoms with Crippen LogP contribution in [0.3, 0.4) is 0 Å². The standard InChI is InChI=1S/C19H24N4O2/c1-11-5-6-15-17(20-11)23(13-3-2-4-13)18(21-15)22-16(24)10-19(25)8-7-12-9-14(12)19/h5-6,12-14,25H,2-4,7-10H2,1H3,(H,21,22,24). The Bertz CT molecular complexity index is 856. The molecule has 3 aliphatic carbocycles. The number of hydrogen-bond acceptors (Lipinski definition) is 4. The Morgan fingerprint density at radius 1 is 1.36 bits per heavy atom. The van der Waals surface area contributed by atoms with Gasteiger partial charge in [0.2, 0.25) is 11.9 Å². The highest BCUT2D eigenvalue weighted by Crippen LogP contribution is 2.58. The lowest BCUT2D eigenvalue weighted by Crippen LogP contribution is -2.34. The van der Waals surface area contributed by atoms with Gasteiger partial charge in [-0.05, 0) is 69.4 Å². The van der Waals surface area contributed by atoms with E-state index in [2.05, 4.69) is 19.9 Å². The van der Waals surface area contributed by atoms with Gasteiger partial charge in [-0.15, -0.1) is 0 Å². The Morgan fingerprint density at radius 3 is 2.84 bits per heavy atom. The lowest BCUT2D eigenvalue weighted by molar-refractivity contribution is -0.121. The van der Waals surface area contributed by atoms with Gasteiger partial charge in [0, 0.05) is 11.7 Å². The number of anilines is 1. The van der Waals surface area contributed by atoms with Crippen LogP contribution in [0.1, 0.15) is 56.7 Å². The minimum absolute atomic E-state index is 0.136. The minimum Gasteiger partial charge on any atom is -0.389 e. The molecule has 3 unspecified atom stereocenters. The van der Waals surface area contributed by atoms with Crippen molar-refractivity contribution in [3.05, 3.63) is 17.8 Å². The van der Waals surface area contributed by atoms with Gasteiger partial charge in [0.15, 0.2) is 5.65 Å². The van der Waals surface area contributed by atoms with E-state index in [4.69, 9.17) is 0 Å². The van der Waals surface area contributed by atoms with Gasteiger partial charge in [-0.25, -0.2) is 9.97 Å². The summed E-state index contributed by atoms with van der Waals surface area (Å²) in [6, 6.07) is 4.26. The van der Waals surface area contributed by atoms with E-state index in [0.29, 0.717) is 23.8 Å². The molecule has 2 aromatic rings. The predicted octanol–water partition coefficient (Wildman–Crippen LogP) is 2.95. The topological polar surface area (TPSA) is 80.0 Å². The largest absolute Gasteiger partial charge is 0.389 e. The molecule has 6 nitrogen and oxygen atoms in total. The molecule has 3 atom stereocenters. The van der Waals surface area contributed by atoms with Gasteiger partial charge in [0.05, 0.1) is 12.0 Å². The maximum atomic E-state index is 12.6. The van der Waals surface area contributed by atoms with Crippen molar-refractivity contribution < 1.29 is 9.90 Å². The summed E-state index contributed by atoms with van der Waals surface area (Å²) in [4.78, 5) is 21.9. The van der Waals surface area contributed by atoms with E-state index in [1.165, 1.54) is 6.42 Å². The Kier molecular flexibility index (Phi) is 3.23. The Morgan fingerprint density at radius 2 is 2.20 bits per heavy atom. The molecule has 0 radical (unpaired) electrons. The number of amides is 1. The summed E-state index contributed by atoms with van der Waals surface area (Å²) in [5.41, 5.74) is 1.80. The zero-order valence-corrected chi connectivity index (χ0v) is 14.5. The van der Waals surface area contributed by atoms with Crippen molar-refractivity contribution in [2.75, 3.05) is 5.32 Å². The zero-order valence-electron chi connectivity index (χ0n) is 14.5. The number of carbonyl (C=O) groups is 1. The molecule has 3 saturated carbocycles. The fourth-order valence-corrected chi connectivity index (χ4v) is 4.66. The first-order valence-corrected chi connectivity index (χ1v) is 9.41. The molecular weight excluding hydrogens is 316 g/mol. The quantitative estimate of drug-likeness (QED) is 0.897. The lowest BCUT2D eigenvalue weighted by Gasteiger charge is -2.29. The van der Waals surface area contributed by atoms with Crippen LogP contribution in [0.25, 0.3) is 11.2 Å². The molecule has 3 aliphatic rings. The highest BCUT2D eigenvalue weighted by molar-refractivity contribution is 5.91. The van der Waals surface area contributed by atoms with Gasteiger partial charge < -0.3 is 5.11 Å². The zero-order chi connectivity index (χ0) is 17.2. The number of pyridine rings is 1. The second kappa shape index (κ2) is 5.27. The van der Waals surface area contributed by atoms with Gasteiger partial charge in [0.1, 0.15) is 5.52 Å². The SMILES string of the molecule is Cc1ccc2nc(NC(=O)CC3(O)CCC4CC43)n(C3CCC3)c2n1. The number of fused-ring (bicyclic) bond motifs is 2. The van der Waals surface area contributed by atoms with Crippen LogP contribution < -0.4 is 5.32 Å². The molecular formula is C19H24N4O2. The summed E-state index contributed by atoms with van der Waals surface area (Å²) in [6.07, 6.45) is 6.44. The van der Waals surface area contributed by atoms with Crippen LogP contribution in [0, 0.1) is 18.8 Å². The Balaban J connectivity index is 1.43. The molecule has 0 aliphatic heterocycles. The maximum Gasteiger partial charge on any atom is 0.229 e. The molecule has 2 N–H and O–H groups in total. The summed E-state index contributed by atoms with van der Waals surface area (Å²) in [6.45, 7) is 1.97. The second-order valence-electron chi connectivity index (χ2n) is 8.15. The monoisotopic (exact) mass is 340 g/mol. The molecule has 132 valence electrons. The van der Waals surface area contributed by atoms with Crippen LogP contribution in [0.4, 0.5) is 5.95 Å². The molecule has 2 aromatic heterocycles. The van der Waals surface area contributed by atoms with Crippen LogP contribution in [0.5, 0.6) is 0 Å². The number of aromatic nitrogens is 3. The van der Waals surface area contributed by atoms with Crippen molar-refractivity contribution in [2.45, 2.75) is 63.5 Å². The average molecular weight is 340 g/mol. The molecule has 0 saturated heterocycles. The number of imidazole rings is 1. The highest BCUT2D eigenvalue weighted by Gasteiger charge is 2.57. The van der Waals surface area contributed by atoms with Gasteiger partial charge in [-0.3, -0.25) is 14.7 Å². The number of nitrogens with one attached hydrogen (secondary N) is 1. The van der Waals surface area contributed by atoms with Crippen LogP contribution in [0.2, 0.25) is 0 Å². The fourth-order valence-electron chi connectivity index (χ4n) is 4.66. The lowest BCUT2D eigenvalue weighted by atomic mass is 9.92. The van der Waals surface area contributed by atoms with E-state index in [1.807, 2.05) is 19.1 Å². The van der Waals surface area contributed by atoms with Crippen LogP contribution in [-0.2, 0) is 4.79 Å². The Labute approximate surface area is 146 Å². The van der Waals surface area contributed by atoms with Crippen molar-refractivity contribution in [1.29, 1.82) is 0 Å². The molecule has 0 bridgehead atoms. The van der Waals surface area contributed by atoms with Gasteiger partial charge >= 0.3 is 0 Å². The summed E-state index contributed by atoms with van der Waals surface area (Å²) in [5.74, 6) is 1.41. The van der Waals surface area contributed by atoms with Gasteiger partial charge in [-0.1, -0.05) is 0 Å². The number of nitrogens with zero attached hydrogens (tertiary/aromatic N) is 3. The molecule has 5 rings (SSSR count). The minimum atomic E-state index is -0.809. The molecule has 0 spiro atoms. The molecule has 6 heteroatoms. The first-order chi connectivity index (χ1) is 12.0. The van der Waals surface area contributed by atoms with E-state index >= 15 is 0 Å². The summed E-state index contributed by atoms with van der Waals surface area (Å²) in [5, 5.41) is 13.7. The van der Waals surface area contributed by atoms with Crippen molar-refractivity contribution in [1.82, 2.24) is 14.5 Å². The molecule has 3 fully saturated rings. The third-order valence-corrected chi connectivity index (χ3v) is 6.40. The van der Waals surface area contributed by atoms with E-state index < -0.39 is 5.60 Å². The highest BCUT2D eigenvalue weighted by atomic mass is 16.3. The van der Waals surface area contributed by atoms with Crippen LogP contribution in [0.15, 0.2) is 12.1 Å². The average Bonchev–Trinajstić information content (AvgIpc) is 3.15. The van der Waals surface area contributed by atoms with E-state index in [0.717, 1.165) is 49.0 Å². The van der Waals surface area contributed by atoms with E-state index in [-0.39, 0.29) is 12.3 Å². The number of carbonyl (C=O) groups excluding carboxylic acids is 1. The molecule has 25 heavy (non-hydrogen) atoms. The number of rotatable bonds is 4. The summed E-state index contributed by atoms with van der Waals surface area (Å²) >= 11 is 0. The summed E-state index contributed by atoms with van der Waals surface area (Å²) < 4.78 is 2.09. The predicted molar refractivity (Wildman–Crippen MR) is 94.2 cm³/mol. The Hall–Kier alpha value is -1.95. The first-order valence-electron chi connectivity index (χ1n) is 9.41. The molecule has 0 aromatic carbocycles. The molecule has 2 heterocycles. The normalized spacial score (nSPS) is 31.0. The summed E-state index contributed by atoms with van der Waals surface area (Å²) in [7, 11) is 0. The van der Waals surface area contributed by atoms with Crippen molar-refractivity contribution >= 4 is 23.0 Å².